The van der Waals surface area contributed by atoms with E-state index in [9.17, 15) is 14.4 Å². The van der Waals surface area contributed by atoms with E-state index in [2.05, 4.69) is 5.32 Å². The van der Waals surface area contributed by atoms with Gasteiger partial charge in [-0.3, -0.25) is 9.59 Å². The van der Waals surface area contributed by atoms with Crippen LogP contribution in [-0.2, 0) is 27.2 Å². The molecule has 0 unspecified atom stereocenters. The number of aryl methyl sites for hydroxylation is 1. The molecular formula is C21H32N2O4S. The van der Waals surface area contributed by atoms with Crippen molar-refractivity contribution in [2.45, 2.75) is 85.2 Å². The molecular weight excluding hydrogens is 376 g/mol. The van der Waals surface area contributed by atoms with Gasteiger partial charge in [0, 0.05) is 23.9 Å². The number of fused-ring (bicyclic) bond motifs is 1. The fourth-order valence-corrected chi connectivity index (χ4v) is 4.95. The number of esters is 1. The van der Waals surface area contributed by atoms with Gasteiger partial charge in [-0.1, -0.05) is 13.8 Å². The smallest absolute Gasteiger partial charge is 0.341 e. The van der Waals surface area contributed by atoms with E-state index in [0.717, 1.165) is 49.0 Å². The Balaban J connectivity index is 2.17. The Bertz CT molecular complexity index is 718. The highest BCUT2D eigenvalue weighted by Crippen LogP contribution is 2.38. The lowest BCUT2D eigenvalue weighted by Crippen LogP contribution is -2.46. The molecule has 0 fully saturated rings. The molecule has 1 N–H and O–H groups in total. The maximum Gasteiger partial charge on any atom is 0.341 e. The minimum atomic E-state index is -0.523. The second kappa shape index (κ2) is 10.0. The second-order valence-corrected chi connectivity index (χ2v) is 8.59. The van der Waals surface area contributed by atoms with Crippen molar-refractivity contribution in [3.63, 3.8) is 0 Å². The first-order valence-corrected chi connectivity index (χ1v) is 11.0. The summed E-state index contributed by atoms with van der Waals surface area (Å²) in [5.41, 5.74) is 1.40. The maximum absolute atomic E-state index is 12.8. The maximum atomic E-state index is 12.8. The average molecular weight is 409 g/mol. The highest BCUT2D eigenvalue weighted by Gasteiger charge is 2.29. The van der Waals surface area contributed by atoms with Crippen LogP contribution in [0.5, 0.6) is 0 Å². The molecule has 1 heterocycles. The highest BCUT2D eigenvalue weighted by molar-refractivity contribution is 7.17. The van der Waals surface area contributed by atoms with Gasteiger partial charge in [-0.15, -0.1) is 11.3 Å². The number of carbonyl (C=O) groups is 3. The Morgan fingerprint density at radius 3 is 2.29 bits per heavy atom. The molecule has 2 amide bonds. The molecule has 0 aromatic carbocycles. The van der Waals surface area contributed by atoms with E-state index < -0.39 is 5.97 Å². The Morgan fingerprint density at radius 2 is 1.71 bits per heavy atom. The molecule has 0 saturated heterocycles. The molecule has 1 aromatic rings. The Morgan fingerprint density at radius 1 is 1.11 bits per heavy atom. The Kier molecular flexibility index (Phi) is 8.04. The minimum absolute atomic E-state index is 0.0880. The van der Waals surface area contributed by atoms with E-state index in [-0.39, 0.29) is 30.5 Å². The van der Waals surface area contributed by atoms with Crippen molar-refractivity contribution in [1.82, 2.24) is 4.90 Å². The van der Waals surface area contributed by atoms with Crippen LogP contribution >= 0.6 is 11.3 Å². The summed E-state index contributed by atoms with van der Waals surface area (Å²) in [6.07, 6.45) is 5.49. The predicted octanol–water partition coefficient (Wildman–Crippen LogP) is 4.17. The van der Waals surface area contributed by atoms with E-state index >= 15 is 0 Å². The molecule has 28 heavy (non-hydrogen) atoms. The molecule has 1 aliphatic rings. The zero-order valence-corrected chi connectivity index (χ0v) is 18.4. The molecule has 0 radical (unpaired) electrons. The first-order chi connectivity index (χ1) is 13.3. The van der Waals surface area contributed by atoms with Crippen molar-refractivity contribution in [3.8, 4) is 0 Å². The lowest BCUT2D eigenvalue weighted by Gasteiger charge is -2.33. The van der Waals surface area contributed by atoms with Gasteiger partial charge in [0.2, 0.25) is 5.91 Å². The number of hydrogen-bond acceptors (Lipinski definition) is 5. The summed E-state index contributed by atoms with van der Waals surface area (Å²) in [6, 6.07) is 0.176. The quantitative estimate of drug-likeness (QED) is 0.655. The standard InChI is InChI=1S/C21H32N2O4S/c1-6-13(3)23(14(4)7-2)18(25)12-27-21(26)19-16-10-8-9-11-17(16)28-20(19)22-15(5)24/h13-14H,6-12H2,1-5H3,(H,22,24)/t13-,14-/m0/s1. The second-order valence-electron chi connectivity index (χ2n) is 7.49. The van der Waals surface area contributed by atoms with E-state index in [4.69, 9.17) is 4.74 Å². The summed E-state index contributed by atoms with van der Waals surface area (Å²) in [5, 5.41) is 3.30. The van der Waals surface area contributed by atoms with Gasteiger partial charge >= 0.3 is 5.97 Å². The number of nitrogens with zero attached hydrogens (tertiary/aromatic N) is 1. The molecule has 7 heteroatoms. The molecule has 0 saturated carbocycles. The third-order valence-electron chi connectivity index (χ3n) is 5.41. The number of carbonyl (C=O) groups excluding carboxylic acids is 3. The van der Waals surface area contributed by atoms with E-state index in [0.29, 0.717) is 10.6 Å². The fourth-order valence-electron chi connectivity index (χ4n) is 3.62. The molecule has 156 valence electrons. The monoisotopic (exact) mass is 408 g/mol. The Labute approximate surface area is 171 Å². The van der Waals surface area contributed by atoms with Crippen molar-refractivity contribution in [1.29, 1.82) is 0 Å². The average Bonchev–Trinajstić information content (AvgIpc) is 3.02. The lowest BCUT2D eigenvalue weighted by molar-refractivity contribution is -0.139. The van der Waals surface area contributed by atoms with Gasteiger partial charge in [-0.25, -0.2) is 4.79 Å². The van der Waals surface area contributed by atoms with Crippen LogP contribution in [0.2, 0.25) is 0 Å². The van der Waals surface area contributed by atoms with Crippen LogP contribution in [0.1, 0.15) is 81.1 Å². The molecule has 2 rings (SSSR count). The molecule has 1 aromatic heterocycles. The fraction of sp³-hybridized carbons (Fsp3) is 0.667. The number of hydrogen-bond donors (Lipinski definition) is 1. The van der Waals surface area contributed by atoms with Gasteiger partial charge in [-0.2, -0.15) is 0 Å². The largest absolute Gasteiger partial charge is 0.452 e. The third kappa shape index (κ3) is 5.13. The van der Waals surface area contributed by atoms with Crippen LogP contribution in [0.25, 0.3) is 0 Å². The van der Waals surface area contributed by atoms with Crippen LogP contribution in [0.3, 0.4) is 0 Å². The van der Waals surface area contributed by atoms with Crippen molar-refractivity contribution < 1.29 is 19.1 Å². The summed E-state index contributed by atoms with van der Waals surface area (Å²) in [6.45, 7) is 9.24. The number of thiophene rings is 1. The lowest BCUT2D eigenvalue weighted by atomic mass is 9.95. The minimum Gasteiger partial charge on any atom is -0.452 e. The molecule has 1 aliphatic carbocycles. The number of amides is 2. The van der Waals surface area contributed by atoms with Crippen molar-refractivity contribution in [3.05, 3.63) is 16.0 Å². The molecule has 0 spiro atoms. The number of ether oxygens (including phenoxy) is 1. The highest BCUT2D eigenvalue weighted by atomic mass is 32.1. The summed E-state index contributed by atoms with van der Waals surface area (Å²) in [5.74, 6) is -0.921. The van der Waals surface area contributed by atoms with Gasteiger partial charge in [0.1, 0.15) is 5.00 Å². The van der Waals surface area contributed by atoms with Crippen molar-refractivity contribution >= 4 is 34.1 Å². The van der Waals surface area contributed by atoms with Gasteiger partial charge in [0.05, 0.1) is 5.56 Å². The van der Waals surface area contributed by atoms with Crippen LogP contribution in [0.4, 0.5) is 5.00 Å². The Hall–Kier alpha value is -1.89. The van der Waals surface area contributed by atoms with Crippen molar-refractivity contribution in [2.24, 2.45) is 0 Å². The van der Waals surface area contributed by atoms with Crippen LogP contribution < -0.4 is 5.32 Å². The first kappa shape index (κ1) is 22.4. The van der Waals surface area contributed by atoms with Gasteiger partial charge < -0.3 is 15.0 Å². The zero-order valence-electron chi connectivity index (χ0n) is 17.6. The molecule has 0 aliphatic heterocycles. The van der Waals surface area contributed by atoms with E-state index in [1.54, 1.807) is 0 Å². The molecule has 0 bridgehead atoms. The van der Waals surface area contributed by atoms with Gasteiger partial charge in [0.15, 0.2) is 6.61 Å². The van der Waals surface area contributed by atoms with Crippen molar-refractivity contribution in [2.75, 3.05) is 11.9 Å². The number of anilines is 1. The topological polar surface area (TPSA) is 75.7 Å². The zero-order chi connectivity index (χ0) is 20.8. The molecule has 6 nitrogen and oxygen atoms in total. The van der Waals surface area contributed by atoms with E-state index in [1.807, 2.05) is 32.6 Å². The normalized spacial score (nSPS) is 15.3. The van der Waals surface area contributed by atoms with E-state index in [1.165, 1.54) is 18.3 Å². The SMILES string of the molecule is CC[C@H](C)N(C(=O)COC(=O)c1c(NC(C)=O)sc2c1CCCC2)[C@@H](C)CC. The summed E-state index contributed by atoms with van der Waals surface area (Å²) < 4.78 is 5.43. The summed E-state index contributed by atoms with van der Waals surface area (Å²) in [4.78, 5) is 40.1. The summed E-state index contributed by atoms with van der Waals surface area (Å²) >= 11 is 1.45. The first-order valence-electron chi connectivity index (χ1n) is 10.2. The van der Waals surface area contributed by atoms with Crippen LogP contribution in [0.15, 0.2) is 0 Å². The van der Waals surface area contributed by atoms with Crippen LogP contribution in [0, 0.1) is 0 Å². The number of rotatable bonds is 8. The summed E-state index contributed by atoms with van der Waals surface area (Å²) in [7, 11) is 0. The van der Waals surface area contributed by atoms with Gasteiger partial charge in [-0.05, 0) is 57.9 Å². The molecule has 2 atom stereocenters. The predicted molar refractivity (Wildman–Crippen MR) is 112 cm³/mol. The third-order valence-corrected chi connectivity index (χ3v) is 6.62. The van der Waals surface area contributed by atoms with Crippen LogP contribution in [-0.4, -0.2) is 41.4 Å². The van der Waals surface area contributed by atoms with Gasteiger partial charge in [0.25, 0.3) is 5.91 Å². The number of nitrogens with one attached hydrogen (secondary N) is 1.